The molecule has 0 atom stereocenters. The second-order valence-corrected chi connectivity index (χ2v) is 5.66. The van der Waals surface area contributed by atoms with Crippen molar-refractivity contribution in [3.05, 3.63) is 54.1 Å². The van der Waals surface area contributed by atoms with Crippen LogP contribution in [0.2, 0.25) is 0 Å². The van der Waals surface area contributed by atoms with Gasteiger partial charge in [0.05, 0.1) is 11.1 Å². The maximum Gasteiger partial charge on any atom is 0.338 e. The molecule has 0 bridgehead atoms. The third-order valence-corrected chi connectivity index (χ3v) is 4.06. The molecule has 1 heterocycles. The Hall–Kier alpha value is -3.22. The van der Waals surface area contributed by atoms with Crippen LogP contribution in [0.4, 0.5) is 5.69 Å². The number of hydrogen-bond donors (Lipinski definition) is 0. The molecule has 0 radical (unpaired) electrons. The van der Waals surface area contributed by atoms with E-state index in [-0.39, 0.29) is 12.5 Å². The van der Waals surface area contributed by atoms with E-state index in [0.29, 0.717) is 24.2 Å². The number of nitrogens with zero attached hydrogens (tertiary/aromatic N) is 4. The number of carbonyl (C=O) groups is 2. The molecule has 0 fully saturated rings. The summed E-state index contributed by atoms with van der Waals surface area (Å²) in [6, 6.07) is 14.3. The quantitative estimate of drug-likeness (QED) is 0.638. The number of aromatic nitrogens is 3. The highest BCUT2D eigenvalue weighted by Gasteiger charge is 2.17. The van der Waals surface area contributed by atoms with E-state index in [0.717, 1.165) is 11.2 Å². The van der Waals surface area contributed by atoms with E-state index in [1.165, 1.54) is 0 Å². The fourth-order valence-electron chi connectivity index (χ4n) is 2.73. The predicted molar refractivity (Wildman–Crippen MR) is 98.0 cm³/mol. The van der Waals surface area contributed by atoms with E-state index < -0.39 is 5.97 Å². The number of likely N-dealkylation sites (N-methyl/N-ethyl adjacent to an activating group) is 1. The molecule has 0 saturated heterocycles. The van der Waals surface area contributed by atoms with Gasteiger partial charge in [0.1, 0.15) is 5.52 Å². The topological polar surface area (TPSA) is 77.3 Å². The second kappa shape index (κ2) is 7.77. The van der Waals surface area contributed by atoms with Crippen molar-refractivity contribution in [3.8, 4) is 0 Å². The summed E-state index contributed by atoms with van der Waals surface area (Å²) in [5.74, 6) is -0.833. The molecule has 0 aliphatic rings. The zero-order valence-electron chi connectivity index (χ0n) is 14.8. The minimum atomic E-state index is -0.560. The highest BCUT2D eigenvalue weighted by Crippen LogP contribution is 2.15. The number of ether oxygens (including phenoxy) is 1. The van der Waals surface area contributed by atoms with Crippen molar-refractivity contribution in [3.63, 3.8) is 0 Å². The van der Waals surface area contributed by atoms with Crippen LogP contribution < -0.4 is 4.90 Å². The Kier molecular flexibility index (Phi) is 5.26. The van der Waals surface area contributed by atoms with E-state index in [2.05, 4.69) is 10.3 Å². The van der Waals surface area contributed by atoms with Gasteiger partial charge < -0.3 is 9.64 Å². The third kappa shape index (κ3) is 3.56. The van der Waals surface area contributed by atoms with Gasteiger partial charge in [-0.3, -0.25) is 4.79 Å². The van der Waals surface area contributed by atoms with Crippen LogP contribution in [0.15, 0.2) is 48.5 Å². The van der Waals surface area contributed by atoms with E-state index in [9.17, 15) is 9.59 Å². The number of fused-ring (bicyclic) bond motifs is 1. The summed E-state index contributed by atoms with van der Waals surface area (Å²) in [4.78, 5) is 26.2. The number of anilines is 1. The standard InChI is InChI=1S/C19H20N4O3/c1-3-22(15-8-6-5-7-9-15)18(24)13-26-19(25)14-10-11-17-16(12-14)20-21-23(17)4-2/h5-12H,3-4,13H2,1-2H3. The summed E-state index contributed by atoms with van der Waals surface area (Å²) in [5, 5.41) is 8.05. The van der Waals surface area contributed by atoms with Gasteiger partial charge in [0.25, 0.3) is 5.91 Å². The lowest BCUT2D eigenvalue weighted by Gasteiger charge is -2.20. The van der Waals surface area contributed by atoms with Crippen LogP contribution in [0.25, 0.3) is 11.0 Å². The van der Waals surface area contributed by atoms with Gasteiger partial charge in [0.2, 0.25) is 0 Å². The van der Waals surface area contributed by atoms with Crippen LogP contribution in [0.3, 0.4) is 0 Å². The second-order valence-electron chi connectivity index (χ2n) is 5.66. The zero-order valence-corrected chi connectivity index (χ0v) is 14.8. The molecule has 0 saturated carbocycles. The van der Waals surface area contributed by atoms with Gasteiger partial charge in [-0.1, -0.05) is 23.4 Å². The monoisotopic (exact) mass is 352 g/mol. The summed E-state index contributed by atoms with van der Waals surface area (Å²) in [5.41, 5.74) is 2.58. The minimum Gasteiger partial charge on any atom is -0.452 e. The molecule has 1 aromatic heterocycles. The van der Waals surface area contributed by atoms with Crippen molar-refractivity contribution in [1.82, 2.24) is 15.0 Å². The maximum absolute atomic E-state index is 12.4. The van der Waals surface area contributed by atoms with Gasteiger partial charge in [-0.15, -0.1) is 5.10 Å². The number of para-hydroxylation sites is 1. The zero-order chi connectivity index (χ0) is 18.5. The number of rotatable bonds is 6. The van der Waals surface area contributed by atoms with Gasteiger partial charge in [0, 0.05) is 18.8 Å². The predicted octanol–water partition coefficient (Wildman–Crippen LogP) is 2.66. The third-order valence-electron chi connectivity index (χ3n) is 4.06. The normalized spacial score (nSPS) is 10.7. The largest absolute Gasteiger partial charge is 0.452 e. The highest BCUT2D eigenvalue weighted by molar-refractivity contribution is 5.98. The first kappa shape index (κ1) is 17.6. The number of aryl methyl sites for hydroxylation is 1. The number of carbonyl (C=O) groups excluding carboxylic acids is 2. The Balaban J connectivity index is 1.67. The molecule has 2 aromatic carbocycles. The molecule has 1 amide bonds. The SMILES string of the molecule is CCN(C(=O)COC(=O)c1ccc2c(c1)nnn2CC)c1ccccc1. The lowest BCUT2D eigenvalue weighted by atomic mass is 10.2. The molecule has 0 aliphatic heterocycles. The molecule has 0 spiro atoms. The molecule has 0 N–H and O–H groups in total. The van der Waals surface area contributed by atoms with Crippen molar-refractivity contribution < 1.29 is 14.3 Å². The van der Waals surface area contributed by atoms with Crippen molar-refractivity contribution >= 4 is 28.6 Å². The van der Waals surface area contributed by atoms with Gasteiger partial charge in [-0.25, -0.2) is 9.48 Å². The first-order valence-electron chi connectivity index (χ1n) is 8.49. The Morgan fingerprint density at radius 1 is 1.12 bits per heavy atom. The molecular weight excluding hydrogens is 332 g/mol. The van der Waals surface area contributed by atoms with Crippen LogP contribution >= 0.6 is 0 Å². The first-order chi connectivity index (χ1) is 12.6. The van der Waals surface area contributed by atoms with Gasteiger partial charge in [-0.05, 0) is 44.2 Å². The van der Waals surface area contributed by atoms with E-state index in [1.807, 2.05) is 44.2 Å². The van der Waals surface area contributed by atoms with Crippen LogP contribution in [-0.2, 0) is 16.1 Å². The molecular formula is C19H20N4O3. The highest BCUT2D eigenvalue weighted by atomic mass is 16.5. The molecule has 7 heteroatoms. The Labute approximate surface area is 151 Å². The van der Waals surface area contributed by atoms with Crippen LogP contribution in [-0.4, -0.2) is 40.0 Å². The minimum absolute atomic E-state index is 0.273. The van der Waals surface area contributed by atoms with Crippen LogP contribution in [0.5, 0.6) is 0 Å². The van der Waals surface area contributed by atoms with Gasteiger partial charge >= 0.3 is 5.97 Å². The molecule has 0 aliphatic carbocycles. The lowest BCUT2D eigenvalue weighted by molar-refractivity contribution is -0.121. The van der Waals surface area contributed by atoms with E-state index in [4.69, 9.17) is 4.74 Å². The summed E-state index contributed by atoms with van der Waals surface area (Å²) in [6.45, 7) is 4.71. The smallest absolute Gasteiger partial charge is 0.338 e. The van der Waals surface area contributed by atoms with Crippen LogP contribution in [0.1, 0.15) is 24.2 Å². The Morgan fingerprint density at radius 2 is 1.88 bits per heavy atom. The van der Waals surface area contributed by atoms with Crippen molar-refractivity contribution in [2.24, 2.45) is 0 Å². The van der Waals surface area contributed by atoms with Crippen LogP contribution in [0, 0.1) is 0 Å². The van der Waals surface area contributed by atoms with Crippen molar-refractivity contribution in [2.75, 3.05) is 18.1 Å². The lowest BCUT2D eigenvalue weighted by Crippen LogP contribution is -2.34. The van der Waals surface area contributed by atoms with E-state index >= 15 is 0 Å². The summed E-state index contributed by atoms with van der Waals surface area (Å²) >= 11 is 0. The molecule has 0 unspecified atom stereocenters. The van der Waals surface area contributed by atoms with Gasteiger partial charge in [0.15, 0.2) is 6.61 Å². The molecule has 26 heavy (non-hydrogen) atoms. The Morgan fingerprint density at radius 3 is 2.58 bits per heavy atom. The number of esters is 1. The average molecular weight is 352 g/mol. The average Bonchev–Trinajstić information content (AvgIpc) is 3.09. The number of hydrogen-bond acceptors (Lipinski definition) is 5. The van der Waals surface area contributed by atoms with Crippen molar-refractivity contribution in [2.45, 2.75) is 20.4 Å². The summed E-state index contributed by atoms with van der Waals surface area (Å²) in [7, 11) is 0. The fraction of sp³-hybridized carbons (Fsp3) is 0.263. The molecule has 3 rings (SSSR count). The number of amides is 1. The fourth-order valence-corrected chi connectivity index (χ4v) is 2.73. The summed E-state index contributed by atoms with van der Waals surface area (Å²) in [6.07, 6.45) is 0. The Bertz CT molecular complexity index is 921. The maximum atomic E-state index is 12.4. The van der Waals surface area contributed by atoms with Crippen molar-refractivity contribution in [1.29, 1.82) is 0 Å². The summed E-state index contributed by atoms with van der Waals surface area (Å²) < 4.78 is 6.93. The van der Waals surface area contributed by atoms with E-state index in [1.54, 1.807) is 27.8 Å². The number of benzene rings is 2. The molecule has 3 aromatic rings. The molecule has 7 nitrogen and oxygen atoms in total. The first-order valence-corrected chi connectivity index (χ1v) is 8.49. The van der Waals surface area contributed by atoms with Gasteiger partial charge in [-0.2, -0.15) is 0 Å². The molecule has 134 valence electrons.